The molecule has 0 spiro atoms. The Labute approximate surface area is 327 Å². The third-order valence-electron chi connectivity index (χ3n) is 10.3. The molecular formula is C49H28ClN3OS. The standard InChI is InChI=1S/C49H28ClN3OS/c50-40-28-27-36(45-37-15-6-8-18-41(37)54-46(40)45)35-26-25-32(33-13-4-5-14-34(33)35)29-21-23-31(24-22-29)48-51-47(30-11-2-1-3-12-30)52-49(53-48)39-17-10-20-43-44(39)38-16-7-9-19-42(38)55-43/h1-28H/i6D,27D. The van der Waals surface area contributed by atoms with E-state index in [-0.39, 0.29) is 0 Å². The van der Waals surface area contributed by atoms with E-state index in [9.17, 15) is 0 Å². The fourth-order valence-electron chi connectivity index (χ4n) is 7.76. The zero-order valence-corrected chi connectivity index (χ0v) is 30.6. The molecule has 0 aliphatic carbocycles. The Morgan fingerprint density at radius 1 is 0.455 bits per heavy atom. The quantitative estimate of drug-likeness (QED) is 0.176. The summed E-state index contributed by atoms with van der Waals surface area (Å²) in [5.41, 5.74) is 7.65. The van der Waals surface area contributed by atoms with Crippen molar-refractivity contribution < 1.29 is 7.16 Å². The van der Waals surface area contributed by atoms with Crippen LogP contribution in [-0.4, -0.2) is 15.0 Å². The van der Waals surface area contributed by atoms with Gasteiger partial charge in [-0.15, -0.1) is 11.3 Å². The molecular weight excluding hydrogens is 714 g/mol. The molecule has 3 heterocycles. The predicted octanol–water partition coefficient (Wildman–Crippen LogP) is 14.3. The average Bonchev–Trinajstić information content (AvgIpc) is 3.83. The van der Waals surface area contributed by atoms with Crippen molar-refractivity contribution in [3.8, 4) is 56.4 Å². The summed E-state index contributed by atoms with van der Waals surface area (Å²) in [5.74, 6) is 1.85. The molecule has 0 amide bonds. The van der Waals surface area contributed by atoms with Crippen molar-refractivity contribution in [2.75, 3.05) is 0 Å². The van der Waals surface area contributed by atoms with Gasteiger partial charge in [-0.1, -0.05) is 157 Å². The molecule has 8 aromatic carbocycles. The van der Waals surface area contributed by atoms with E-state index in [1.54, 1.807) is 35.6 Å². The average molecular weight is 744 g/mol. The Morgan fingerprint density at radius 3 is 1.93 bits per heavy atom. The summed E-state index contributed by atoms with van der Waals surface area (Å²) < 4.78 is 26.0. The third-order valence-corrected chi connectivity index (χ3v) is 11.7. The van der Waals surface area contributed by atoms with Crippen LogP contribution in [0.25, 0.3) is 109 Å². The number of thiophene rings is 1. The fraction of sp³-hybridized carbons (Fsp3) is 0. The van der Waals surface area contributed by atoms with Crippen molar-refractivity contribution in [3.05, 3.63) is 175 Å². The van der Waals surface area contributed by atoms with Crippen LogP contribution < -0.4 is 0 Å². The maximum atomic E-state index is 9.12. The summed E-state index contributed by atoms with van der Waals surface area (Å²) in [6.45, 7) is 0. The molecule has 4 nitrogen and oxygen atoms in total. The molecule has 0 bridgehead atoms. The number of furan rings is 1. The van der Waals surface area contributed by atoms with Gasteiger partial charge in [0, 0.05) is 47.6 Å². The van der Waals surface area contributed by atoms with Gasteiger partial charge in [-0.3, -0.25) is 0 Å². The van der Waals surface area contributed by atoms with Gasteiger partial charge in [0.2, 0.25) is 0 Å². The van der Waals surface area contributed by atoms with Gasteiger partial charge in [0.15, 0.2) is 23.1 Å². The minimum absolute atomic E-state index is 0.294. The van der Waals surface area contributed by atoms with E-state index >= 15 is 0 Å². The lowest BCUT2D eigenvalue weighted by molar-refractivity contribution is 0.669. The smallest absolute Gasteiger partial charge is 0.164 e. The maximum absolute atomic E-state index is 9.12. The van der Waals surface area contributed by atoms with E-state index in [0.29, 0.717) is 45.7 Å². The number of nitrogens with zero attached hydrogens (tertiary/aromatic N) is 3. The van der Waals surface area contributed by atoms with Crippen LogP contribution in [-0.2, 0) is 0 Å². The molecule has 0 aliphatic rings. The van der Waals surface area contributed by atoms with Gasteiger partial charge in [-0.2, -0.15) is 0 Å². The van der Waals surface area contributed by atoms with Gasteiger partial charge in [0.1, 0.15) is 5.58 Å². The molecule has 0 saturated heterocycles. The lowest BCUT2D eigenvalue weighted by atomic mass is 9.90. The van der Waals surface area contributed by atoms with E-state index in [2.05, 4.69) is 91.0 Å². The van der Waals surface area contributed by atoms with Crippen LogP contribution in [0.2, 0.25) is 5.02 Å². The number of para-hydroxylation sites is 1. The topological polar surface area (TPSA) is 51.8 Å². The van der Waals surface area contributed by atoms with Crippen molar-refractivity contribution >= 4 is 75.8 Å². The SMILES string of the molecule is [2H]c1ccc2oc3c(Cl)cc([2H])c(-c4ccc(-c5ccc(-c6nc(-c7ccccc7)nc(-c7cccc8sc9ccccc9c78)n6)cc5)c5ccccc45)c3c2c1. The number of hydrogen-bond acceptors (Lipinski definition) is 5. The van der Waals surface area contributed by atoms with Crippen LogP contribution in [0.3, 0.4) is 0 Å². The highest BCUT2D eigenvalue weighted by Crippen LogP contribution is 2.44. The lowest BCUT2D eigenvalue weighted by Gasteiger charge is -2.14. The van der Waals surface area contributed by atoms with E-state index < -0.39 is 0 Å². The Morgan fingerprint density at radius 2 is 1.11 bits per heavy atom. The predicted molar refractivity (Wildman–Crippen MR) is 230 cm³/mol. The van der Waals surface area contributed by atoms with Gasteiger partial charge < -0.3 is 4.42 Å². The van der Waals surface area contributed by atoms with Gasteiger partial charge in [-0.25, -0.2) is 15.0 Å². The number of halogens is 1. The first-order valence-electron chi connectivity index (χ1n) is 19.0. The summed E-state index contributed by atoms with van der Waals surface area (Å²) in [4.78, 5) is 15.2. The molecule has 55 heavy (non-hydrogen) atoms. The zero-order chi connectivity index (χ0) is 38.2. The second kappa shape index (κ2) is 12.7. The van der Waals surface area contributed by atoms with Gasteiger partial charge >= 0.3 is 0 Å². The van der Waals surface area contributed by atoms with Crippen molar-refractivity contribution in [1.29, 1.82) is 0 Å². The first-order chi connectivity index (χ1) is 28.0. The highest BCUT2D eigenvalue weighted by atomic mass is 35.5. The van der Waals surface area contributed by atoms with Crippen molar-refractivity contribution in [2.45, 2.75) is 0 Å². The van der Waals surface area contributed by atoms with E-state index in [4.69, 9.17) is 33.7 Å². The van der Waals surface area contributed by atoms with Crippen molar-refractivity contribution in [1.82, 2.24) is 15.0 Å². The zero-order valence-electron chi connectivity index (χ0n) is 31.0. The minimum Gasteiger partial charge on any atom is -0.454 e. The minimum atomic E-state index is 0.294. The van der Waals surface area contributed by atoms with Crippen molar-refractivity contribution in [2.24, 2.45) is 0 Å². The molecule has 11 aromatic rings. The molecule has 3 aromatic heterocycles. The summed E-state index contributed by atoms with van der Waals surface area (Å²) >= 11 is 8.44. The summed E-state index contributed by atoms with van der Waals surface area (Å²) in [6.07, 6.45) is 0. The molecule has 0 radical (unpaired) electrons. The largest absolute Gasteiger partial charge is 0.454 e. The summed E-state index contributed by atoms with van der Waals surface area (Å²) in [6, 6.07) is 53.3. The summed E-state index contributed by atoms with van der Waals surface area (Å²) in [7, 11) is 0. The number of rotatable bonds is 5. The second-order valence-corrected chi connectivity index (χ2v) is 15.0. The molecule has 0 saturated carbocycles. The summed E-state index contributed by atoms with van der Waals surface area (Å²) in [5, 5.41) is 6.28. The van der Waals surface area contributed by atoms with Gasteiger partial charge in [-0.05, 0) is 57.3 Å². The Hall–Kier alpha value is -6.66. The number of fused-ring (bicyclic) bond motifs is 7. The lowest BCUT2D eigenvalue weighted by Crippen LogP contribution is -2.00. The van der Waals surface area contributed by atoms with Crippen LogP contribution in [0.15, 0.2) is 174 Å². The number of aromatic nitrogens is 3. The Bertz CT molecular complexity index is 3400. The fourth-order valence-corrected chi connectivity index (χ4v) is 9.08. The highest BCUT2D eigenvalue weighted by Gasteiger charge is 2.19. The molecule has 0 aliphatic heterocycles. The number of benzene rings is 8. The molecule has 6 heteroatoms. The van der Waals surface area contributed by atoms with Crippen molar-refractivity contribution in [3.63, 3.8) is 0 Å². The van der Waals surface area contributed by atoms with Gasteiger partial charge in [0.25, 0.3) is 0 Å². The van der Waals surface area contributed by atoms with Gasteiger partial charge in [0.05, 0.1) is 7.76 Å². The van der Waals surface area contributed by atoms with Crippen LogP contribution in [0.5, 0.6) is 0 Å². The third kappa shape index (κ3) is 5.24. The monoisotopic (exact) mass is 743 g/mol. The maximum Gasteiger partial charge on any atom is 0.164 e. The number of hydrogen-bond donors (Lipinski definition) is 0. The van der Waals surface area contributed by atoms with Crippen LogP contribution in [0, 0.1) is 0 Å². The Kier molecular flexibility index (Phi) is 6.89. The molecule has 0 atom stereocenters. The molecule has 11 rings (SSSR count). The first-order valence-corrected chi connectivity index (χ1v) is 19.1. The van der Waals surface area contributed by atoms with E-state index in [1.807, 2.05) is 42.5 Å². The molecule has 0 N–H and O–H groups in total. The van der Waals surface area contributed by atoms with Crippen LogP contribution in [0.4, 0.5) is 0 Å². The molecule has 258 valence electrons. The normalized spacial score (nSPS) is 12.2. The highest BCUT2D eigenvalue weighted by molar-refractivity contribution is 7.25. The van der Waals surface area contributed by atoms with Crippen LogP contribution in [0.1, 0.15) is 2.74 Å². The van der Waals surface area contributed by atoms with E-state index in [0.717, 1.165) is 65.9 Å². The van der Waals surface area contributed by atoms with E-state index in [1.165, 1.54) is 14.8 Å². The second-order valence-electron chi connectivity index (χ2n) is 13.5. The molecule has 0 unspecified atom stereocenters. The van der Waals surface area contributed by atoms with Crippen LogP contribution >= 0.6 is 22.9 Å². The first kappa shape index (κ1) is 29.8. The Balaban J connectivity index is 1.04. The molecule has 0 fully saturated rings.